The molecule has 2 aromatic rings. The highest BCUT2D eigenvalue weighted by Crippen LogP contribution is 2.28. The van der Waals surface area contributed by atoms with Gasteiger partial charge in [0, 0.05) is 36.9 Å². The molecule has 0 bridgehead atoms. The second kappa shape index (κ2) is 8.11. The number of halogens is 2. The lowest BCUT2D eigenvalue weighted by Gasteiger charge is -2.40. The number of urea groups is 1. The third-order valence-electron chi connectivity index (χ3n) is 5.47. The van der Waals surface area contributed by atoms with Crippen LogP contribution in [-0.4, -0.2) is 47.3 Å². The van der Waals surface area contributed by atoms with Crippen LogP contribution in [0.5, 0.6) is 0 Å². The smallest absolute Gasteiger partial charge is 0.317 e. The number of amides is 2. The molecule has 0 aliphatic carbocycles. The van der Waals surface area contributed by atoms with Crippen molar-refractivity contribution in [1.82, 2.24) is 9.80 Å². The lowest BCUT2D eigenvalue weighted by molar-refractivity contribution is 0.0854. The maximum Gasteiger partial charge on any atom is 0.322 e. The Kier molecular flexibility index (Phi) is 5.58. The number of ketones is 1. The van der Waals surface area contributed by atoms with Crippen molar-refractivity contribution in [3.63, 3.8) is 0 Å². The number of Topliss-reactive ketones (excluding diaryl/α,β-unsaturated/α-hetero) is 1. The van der Waals surface area contributed by atoms with Gasteiger partial charge in [-0.2, -0.15) is 0 Å². The first-order chi connectivity index (χ1) is 13.5. The van der Waals surface area contributed by atoms with Gasteiger partial charge in [-0.15, -0.1) is 0 Å². The van der Waals surface area contributed by atoms with Gasteiger partial charge in [-0.3, -0.25) is 9.69 Å². The number of rotatable bonds is 4. The predicted molar refractivity (Wildman–Crippen MR) is 111 cm³/mol. The molecule has 0 saturated carbocycles. The molecule has 0 spiro atoms. The summed E-state index contributed by atoms with van der Waals surface area (Å²) in [7, 11) is 0. The molecule has 0 atom stereocenters. The van der Waals surface area contributed by atoms with Gasteiger partial charge < -0.3 is 10.2 Å². The van der Waals surface area contributed by atoms with Gasteiger partial charge in [0.1, 0.15) is 0 Å². The van der Waals surface area contributed by atoms with Crippen molar-refractivity contribution in [1.29, 1.82) is 0 Å². The van der Waals surface area contributed by atoms with Gasteiger partial charge >= 0.3 is 6.03 Å². The van der Waals surface area contributed by atoms with Crippen LogP contribution in [0.4, 0.5) is 10.5 Å². The van der Waals surface area contributed by atoms with Gasteiger partial charge in [0.25, 0.3) is 0 Å². The first kappa shape index (κ1) is 19.2. The van der Waals surface area contributed by atoms with E-state index in [1.165, 1.54) is 0 Å². The molecule has 1 N–H and O–H groups in total. The number of anilines is 1. The Morgan fingerprint density at radius 3 is 2.57 bits per heavy atom. The quantitative estimate of drug-likeness (QED) is 0.734. The second-order valence-electron chi connectivity index (χ2n) is 7.27. The van der Waals surface area contributed by atoms with Gasteiger partial charge in [0.15, 0.2) is 5.78 Å². The van der Waals surface area contributed by atoms with Gasteiger partial charge in [-0.25, -0.2) is 4.79 Å². The maximum atomic E-state index is 12.5. The molecule has 2 aromatic carbocycles. The number of nitrogens with zero attached hydrogens (tertiary/aromatic N) is 2. The van der Waals surface area contributed by atoms with Crippen LogP contribution in [0.15, 0.2) is 42.5 Å². The van der Waals surface area contributed by atoms with Crippen LogP contribution in [0.2, 0.25) is 10.0 Å². The van der Waals surface area contributed by atoms with E-state index in [1.807, 2.05) is 29.2 Å². The fourth-order valence-electron chi connectivity index (χ4n) is 3.87. The van der Waals surface area contributed by atoms with Gasteiger partial charge in [0.2, 0.25) is 0 Å². The summed E-state index contributed by atoms with van der Waals surface area (Å²) in [5, 5.41) is 3.81. The molecule has 0 aromatic heterocycles. The van der Waals surface area contributed by atoms with E-state index in [-0.39, 0.29) is 17.9 Å². The van der Waals surface area contributed by atoms with Crippen LogP contribution in [0.25, 0.3) is 0 Å². The highest BCUT2D eigenvalue weighted by molar-refractivity contribution is 6.42. The molecular formula is C21H21Cl2N3O2. The van der Waals surface area contributed by atoms with Crippen LogP contribution < -0.4 is 5.32 Å². The summed E-state index contributed by atoms with van der Waals surface area (Å²) in [5.41, 5.74) is 2.61. The third-order valence-corrected chi connectivity index (χ3v) is 6.21. The summed E-state index contributed by atoms with van der Waals surface area (Å²) >= 11 is 11.9. The summed E-state index contributed by atoms with van der Waals surface area (Å²) in [6.45, 7) is 2.54. The average molecular weight is 418 g/mol. The van der Waals surface area contributed by atoms with Crippen LogP contribution in [0, 0.1) is 0 Å². The minimum atomic E-state index is -0.0379. The molecule has 0 radical (unpaired) electrons. The third kappa shape index (κ3) is 4.02. The fraction of sp³-hybridized carbons (Fsp3) is 0.333. The predicted octanol–water partition coefficient (Wildman–Crippen LogP) is 4.69. The average Bonchev–Trinajstić information content (AvgIpc) is 2.70. The Morgan fingerprint density at radius 1 is 1.07 bits per heavy atom. The molecule has 4 rings (SSSR count). The normalized spacial score (nSPS) is 17.9. The van der Waals surface area contributed by atoms with Crippen LogP contribution in [0.1, 0.15) is 28.8 Å². The fourth-order valence-corrected chi connectivity index (χ4v) is 4.17. The van der Waals surface area contributed by atoms with Crippen molar-refractivity contribution in [3.05, 3.63) is 63.6 Å². The number of likely N-dealkylation sites (tertiary alicyclic amines) is 1. The zero-order valence-corrected chi connectivity index (χ0v) is 16.8. The number of hydrogen-bond donors (Lipinski definition) is 1. The van der Waals surface area contributed by atoms with Crippen LogP contribution >= 0.6 is 23.2 Å². The van der Waals surface area contributed by atoms with E-state index in [9.17, 15) is 9.59 Å². The number of para-hydroxylation sites is 1. The standard InChI is InChI=1S/C21H21Cl2N3O2/c22-17-6-5-14(11-18(17)23)20(27)13-25-9-7-16(8-10-25)26-12-15-3-1-2-4-19(15)24-21(26)28/h1-6,11,16H,7-10,12-13H2,(H,24,28). The van der Waals surface area contributed by atoms with E-state index < -0.39 is 0 Å². The molecule has 7 heteroatoms. The van der Waals surface area contributed by atoms with Crippen molar-refractivity contribution < 1.29 is 9.59 Å². The molecule has 5 nitrogen and oxygen atoms in total. The Labute approximate surface area is 174 Å². The minimum Gasteiger partial charge on any atom is -0.317 e. The maximum absolute atomic E-state index is 12.5. The monoisotopic (exact) mass is 417 g/mol. The Hall–Kier alpha value is -2.08. The molecule has 1 fully saturated rings. The number of carbonyl (C=O) groups is 2. The molecule has 2 aliphatic heterocycles. The van der Waals surface area contributed by atoms with Crippen molar-refractivity contribution in [2.45, 2.75) is 25.4 Å². The highest BCUT2D eigenvalue weighted by Gasteiger charge is 2.31. The largest absolute Gasteiger partial charge is 0.322 e. The summed E-state index contributed by atoms with van der Waals surface area (Å²) in [6.07, 6.45) is 1.70. The van der Waals surface area contributed by atoms with Gasteiger partial charge in [-0.05, 0) is 42.7 Å². The molecule has 0 unspecified atom stereocenters. The number of benzene rings is 2. The first-order valence-corrected chi connectivity index (χ1v) is 10.1. The number of carbonyl (C=O) groups excluding carboxylic acids is 2. The second-order valence-corrected chi connectivity index (χ2v) is 8.09. The number of fused-ring (bicyclic) bond motifs is 1. The number of hydrogen-bond acceptors (Lipinski definition) is 3. The van der Waals surface area contributed by atoms with Crippen molar-refractivity contribution in [2.24, 2.45) is 0 Å². The SMILES string of the molecule is O=C(CN1CCC(N2Cc3ccccc3NC2=O)CC1)c1ccc(Cl)c(Cl)c1. The lowest BCUT2D eigenvalue weighted by Crippen LogP contribution is -2.50. The lowest BCUT2D eigenvalue weighted by atomic mass is 10.00. The molecule has 146 valence electrons. The van der Waals surface area contributed by atoms with E-state index in [2.05, 4.69) is 10.2 Å². The summed E-state index contributed by atoms with van der Waals surface area (Å²) < 4.78 is 0. The Morgan fingerprint density at radius 2 is 1.82 bits per heavy atom. The van der Waals surface area contributed by atoms with Crippen molar-refractivity contribution in [2.75, 3.05) is 25.0 Å². The zero-order valence-electron chi connectivity index (χ0n) is 15.3. The van der Waals surface area contributed by atoms with E-state index in [0.717, 1.165) is 37.2 Å². The van der Waals surface area contributed by atoms with Crippen LogP contribution in [0.3, 0.4) is 0 Å². The van der Waals surface area contributed by atoms with E-state index in [4.69, 9.17) is 23.2 Å². The molecule has 28 heavy (non-hydrogen) atoms. The molecule has 2 aliphatic rings. The van der Waals surface area contributed by atoms with E-state index in [0.29, 0.717) is 28.7 Å². The number of nitrogens with one attached hydrogen (secondary N) is 1. The molecule has 2 heterocycles. The first-order valence-electron chi connectivity index (χ1n) is 9.37. The number of piperidine rings is 1. The van der Waals surface area contributed by atoms with E-state index >= 15 is 0 Å². The zero-order chi connectivity index (χ0) is 19.7. The highest BCUT2D eigenvalue weighted by atomic mass is 35.5. The minimum absolute atomic E-state index is 0.0293. The van der Waals surface area contributed by atoms with Gasteiger partial charge in [0.05, 0.1) is 16.6 Å². The summed E-state index contributed by atoms with van der Waals surface area (Å²) in [4.78, 5) is 29.1. The summed E-state index contributed by atoms with van der Waals surface area (Å²) in [6, 6.07) is 13.0. The topological polar surface area (TPSA) is 52.7 Å². The summed E-state index contributed by atoms with van der Waals surface area (Å²) in [5.74, 6) is 0.0293. The Balaban J connectivity index is 1.34. The van der Waals surface area contributed by atoms with E-state index in [1.54, 1.807) is 18.2 Å². The Bertz CT molecular complexity index is 910. The van der Waals surface area contributed by atoms with Crippen molar-refractivity contribution in [3.8, 4) is 0 Å². The molecule has 1 saturated heterocycles. The van der Waals surface area contributed by atoms with Crippen molar-refractivity contribution >= 4 is 40.7 Å². The van der Waals surface area contributed by atoms with Crippen LogP contribution in [-0.2, 0) is 6.54 Å². The molecular weight excluding hydrogens is 397 g/mol. The molecule has 2 amide bonds. The van der Waals surface area contributed by atoms with Gasteiger partial charge in [-0.1, -0.05) is 41.4 Å².